The van der Waals surface area contributed by atoms with E-state index in [1.165, 1.54) is 18.2 Å². The van der Waals surface area contributed by atoms with Crippen LogP contribution in [0.5, 0.6) is 0 Å². The monoisotopic (exact) mass is 391 g/mol. The van der Waals surface area contributed by atoms with E-state index in [1.807, 2.05) is 0 Å². The molecule has 1 unspecified atom stereocenters. The second-order valence-electron chi connectivity index (χ2n) is 5.88. The molecule has 22 heavy (non-hydrogen) atoms. The molecule has 0 spiro atoms. The van der Waals surface area contributed by atoms with E-state index < -0.39 is 34.0 Å². The summed E-state index contributed by atoms with van der Waals surface area (Å²) in [7, 11) is 0. The Morgan fingerprint density at radius 1 is 1.41 bits per heavy atom. The summed E-state index contributed by atoms with van der Waals surface area (Å²) in [6, 6.07) is 4.12. The fourth-order valence-electron chi connectivity index (χ4n) is 1.37. The number of rotatable bonds is 4. The van der Waals surface area contributed by atoms with Crippen LogP contribution in [0.15, 0.2) is 27.1 Å². The molecule has 1 aromatic rings. The van der Waals surface area contributed by atoms with Crippen LogP contribution in [0.25, 0.3) is 0 Å². The summed E-state index contributed by atoms with van der Waals surface area (Å²) in [4.78, 5) is 12.2. The Hall–Kier alpha value is -0.920. The third kappa shape index (κ3) is 5.37. The Bertz CT molecular complexity index is 585. The highest BCUT2D eigenvalue weighted by atomic mass is 79.9. The second kappa shape index (κ2) is 7.57. The van der Waals surface area contributed by atoms with E-state index in [4.69, 9.17) is 4.74 Å². The van der Waals surface area contributed by atoms with Gasteiger partial charge in [0.25, 0.3) is 0 Å². The van der Waals surface area contributed by atoms with Gasteiger partial charge in [-0.05, 0) is 52.8 Å². The molecule has 0 radical (unpaired) electrons. The number of halogens is 2. The van der Waals surface area contributed by atoms with E-state index in [2.05, 4.69) is 20.3 Å². The number of carbonyl (C=O) groups excluding carboxylic acids is 1. The van der Waals surface area contributed by atoms with E-state index in [0.29, 0.717) is 4.47 Å². The number of benzene rings is 1. The molecule has 122 valence electrons. The largest absolute Gasteiger partial charge is 0.591 e. The summed E-state index contributed by atoms with van der Waals surface area (Å²) in [6.45, 7) is 8.50. The fourth-order valence-corrected chi connectivity index (χ4v) is 2.34. The SMILES string of the molecule is CC(C)OC(=O)/C(=N\[S+]([O-])C(C)(C)C)c1cc(Br)ccc1F. The molecule has 0 saturated carbocycles. The molecule has 0 fully saturated rings. The molecule has 0 aliphatic heterocycles. The Labute approximate surface area is 141 Å². The van der Waals surface area contributed by atoms with Crippen molar-refractivity contribution in [1.82, 2.24) is 0 Å². The third-order valence-corrected chi connectivity index (χ3v) is 4.31. The van der Waals surface area contributed by atoms with Gasteiger partial charge in [0, 0.05) is 10.0 Å². The van der Waals surface area contributed by atoms with Crippen molar-refractivity contribution in [1.29, 1.82) is 0 Å². The molecule has 0 heterocycles. The van der Waals surface area contributed by atoms with Gasteiger partial charge >= 0.3 is 5.97 Å². The Kier molecular flexibility index (Phi) is 6.58. The standard InChI is InChI=1S/C15H19BrFNO3S/c1-9(2)21-14(19)13(18-22(20)15(3,4)5)11-8-10(16)6-7-12(11)17/h6-9H,1-5H3/b18-13-. The lowest BCUT2D eigenvalue weighted by Gasteiger charge is -2.19. The molecular weight excluding hydrogens is 373 g/mol. The first-order chi connectivity index (χ1) is 10.0. The maximum atomic E-state index is 14.1. The molecule has 0 saturated heterocycles. The van der Waals surface area contributed by atoms with Crippen LogP contribution >= 0.6 is 15.9 Å². The molecule has 0 aliphatic rings. The minimum absolute atomic E-state index is 0.0439. The average molecular weight is 392 g/mol. The van der Waals surface area contributed by atoms with Crippen molar-refractivity contribution in [3.8, 4) is 0 Å². The summed E-state index contributed by atoms with van der Waals surface area (Å²) < 4.78 is 35.2. The minimum Gasteiger partial charge on any atom is -0.591 e. The van der Waals surface area contributed by atoms with Crippen molar-refractivity contribution in [2.24, 2.45) is 4.40 Å². The molecule has 1 atom stereocenters. The zero-order valence-corrected chi connectivity index (χ0v) is 15.5. The molecule has 0 bridgehead atoms. The van der Waals surface area contributed by atoms with Crippen molar-refractivity contribution in [2.45, 2.75) is 45.5 Å². The first-order valence-corrected chi connectivity index (χ1v) is 8.59. The van der Waals surface area contributed by atoms with Gasteiger partial charge in [0.1, 0.15) is 21.9 Å². The summed E-state index contributed by atoms with van der Waals surface area (Å²) >= 11 is 1.51. The number of carbonyl (C=O) groups is 1. The van der Waals surface area contributed by atoms with Gasteiger partial charge in [-0.1, -0.05) is 20.3 Å². The minimum atomic E-state index is -1.71. The van der Waals surface area contributed by atoms with Crippen LogP contribution in [0.1, 0.15) is 40.2 Å². The van der Waals surface area contributed by atoms with Crippen LogP contribution in [-0.2, 0) is 20.9 Å². The van der Waals surface area contributed by atoms with Gasteiger partial charge in [-0.25, -0.2) is 9.18 Å². The van der Waals surface area contributed by atoms with Crippen molar-refractivity contribution >= 4 is 39.0 Å². The lowest BCUT2D eigenvalue weighted by molar-refractivity contribution is -0.138. The van der Waals surface area contributed by atoms with Crippen molar-refractivity contribution < 1.29 is 18.5 Å². The number of nitrogens with zero attached hydrogens (tertiary/aromatic N) is 1. The number of hydrogen-bond acceptors (Lipinski definition) is 4. The summed E-state index contributed by atoms with van der Waals surface area (Å²) in [5.41, 5.74) is -0.321. The first kappa shape index (κ1) is 19.1. The van der Waals surface area contributed by atoms with Crippen LogP contribution < -0.4 is 0 Å². The predicted molar refractivity (Wildman–Crippen MR) is 89.8 cm³/mol. The molecule has 0 aliphatic carbocycles. The molecule has 1 aromatic carbocycles. The molecule has 7 heteroatoms. The highest BCUT2D eigenvalue weighted by Crippen LogP contribution is 2.22. The maximum absolute atomic E-state index is 14.1. The van der Waals surface area contributed by atoms with E-state index in [-0.39, 0.29) is 11.3 Å². The van der Waals surface area contributed by atoms with Crippen molar-refractivity contribution in [2.75, 3.05) is 0 Å². The van der Waals surface area contributed by atoms with Crippen LogP contribution in [-0.4, -0.2) is 27.1 Å². The van der Waals surface area contributed by atoms with E-state index in [0.717, 1.165) is 0 Å². The topological polar surface area (TPSA) is 61.7 Å². The smallest absolute Gasteiger partial charge is 0.362 e. The van der Waals surface area contributed by atoms with Gasteiger partial charge in [-0.3, -0.25) is 0 Å². The zero-order chi connectivity index (χ0) is 17.1. The molecule has 0 amide bonds. The van der Waals surface area contributed by atoms with Crippen LogP contribution in [0, 0.1) is 5.82 Å². The Balaban J connectivity index is 3.37. The quantitative estimate of drug-likeness (QED) is 0.445. The van der Waals surface area contributed by atoms with Crippen LogP contribution in [0.4, 0.5) is 4.39 Å². The van der Waals surface area contributed by atoms with Gasteiger partial charge in [-0.15, -0.1) is 0 Å². The molecule has 4 nitrogen and oxygen atoms in total. The molecule has 1 rings (SSSR count). The normalized spacial score (nSPS) is 14.1. The lowest BCUT2D eigenvalue weighted by Crippen LogP contribution is -2.30. The molecule has 0 N–H and O–H groups in total. The van der Waals surface area contributed by atoms with E-state index in [1.54, 1.807) is 34.6 Å². The zero-order valence-electron chi connectivity index (χ0n) is 13.1. The van der Waals surface area contributed by atoms with Gasteiger partial charge in [-0.2, -0.15) is 0 Å². The summed E-state index contributed by atoms with van der Waals surface area (Å²) in [5.74, 6) is -1.43. The maximum Gasteiger partial charge on any atom is 0.362 e. The summed E-state index contributed by atoms with van der Waals surface area (Å²) in [5, 5.41) is 0. The highest BCUT2D eigenvalue weighted by molar-refractivity contribution is 9.10. The molecular formula is C15H19BrFNO3S. The second-order valence-corrected chi connectivity index (χ2v) is 8.70. The van der Waals surface area contributed by atoms with Gasteiger partial charge in [0.2, 0.25) is 5.71 Å². The van der Waals surface area contributed by atoms with Gasteiger partial charge < -0.3 is 9.29 Å². The lowest BCUT2D eigenvalue weighted by atomic mass is 10.1. The van der Waals surface area contributed by atoms with Crippen molar-refractivity contribution in [3.05, 3.63) is 34.1 Å². The van der Waals surface area contributed by atoms with E-state index >= 15 is 0 Å². The van der Waals surface area contributed by atoms with Crippen LogP contribution in [0.3, 0.4) is 0 Å². The Morgan fingerprint density at radius 2 is 2.00 bits per heavy atom. The molecule has 0 aromatic heterocycles. The van der Waals surface area contributed by atoms with E-state index in [9.17, 15) is 13.7 Å². The third-order valence-electron chi connectivity index (χ3n) is 2.42. The van der Waals surface area contributed by atoms with Crippen molar-refractivity contribution in [3.63, 3.8) is 0 Å². The highest BCUT2D eigenvalue weighted by Gasteiger charge is 2.31. The Morgan fingerprint density at radius 3 is 2.50 bits per heavy atom. The first-order valence-electron chi connectivity index (χ1n) is 6.69. The van der Waals surface area contributed by atoms with Crippen LogP contribution in [0.2, 0.25) is 0 Å². The number of ether oxygens (including phenoxy) is 1. The van der Waals surface area contributed by atoms with Gasteiger partial charge in [0.15, 0.2) is 0 Å². The van der Waals surface area contributed by atoms with Gasteiger partial charge in [0.05, 0.1) is 6.10 Å². The number of hydrogen-bond donors (Lipinski definition) is 0. The number of esters is 1. The summed E-state index contributed by atoms with van der Waals surface area (Å²) in [6.07, 6.45) is -0.393. The predicted octanol–water partition coefficient (Wildman–Crippen LogP) is 3.79. The average Bonchev–Trinajstić information content (AvgIpc) is 2.36. The fraction of sp³-hybridized carbons (Fsp3) is 0.467.